The summed E-state index contributed by atoms with van der Waals surface area (Å²) in [5, 5.41) is 11.3. The first-order valence-corrected chi connectivity index (χ1v) is 12.0. The molecule has 1 N–H and O–H groups in total. The second-order valence-corrected chi connectivity index (χ2v) is 9.89. The summed E-state index contributed by atoms with van der Waals surface area (Å²) in [4.78, 5) is 29.6. The van der Waals surface area contributed by atoms with Crippen LogP contribution in [0.1, 0.15) is 15.9 Å². The Labute approximate surface area is 191 Å². The minimum absolute atomic E-state index is 0.0384. The molecule has 13 heteroatoms. The van der Waals surface area contributed by atoms with E-state index in [0.717, 1.165) is 7.05 Å². The van der Waals surface area contributed by atoms with Crippen molar-refractivity contribution in [2.45, 2.75) is 18.4 Å². The number of pyridine rings is 1. The fraction of sp³-hybridized carbons (Fsp3) is 0.263. The van der Waals surface area contributed by atoms with Gasteiger partial charge in [-0.1, -0.05) is 12.1 Å². The molecule has 9 nitrogen and oxygen atoms in total. The summed E-state index contributed by atoms with van der Waals surface area (Å²) < 4.78 is 55.8. The number of carbonyl (C=O) groups excluding carboxylic acids is 2. The molecule has 0 bridgehead atoms. The maximum absolute atomic E-state index is 12.8. The molecule has 0 saturated heterocycles. The van der Waals surface area contributed by atoms with Crippen LogP contribution in [0.15, 0.2) is 42.6 Å². The zero-order valence-electron chi connectivity index (χ0n) is 16.7. The van der Waals surface area contributed by atoms with Crippen LogP contribution in [0.25, 0.3) is 0 Å². The Morgan fingerprint density at radius 1 is 1.28 bits per heavy atom. The standard InChI is InChI=1S/C19H19AsF2N4O5S/c1-26(11-23)18(28)14(25-17(27)12-6-7-16(20)24-8-12)10-32(29,30)9-13-4-2-3-5-15(13)31-19(21)22/h2-8,14,19H,9-10,20H2,1H3,(H,25,27)/t14-/m0/s1. The number of sulfone groups is 1. The van der Waals surface area contributed by atoms with Gasteiger partial charge in [0.2, 0.25) is 0 Å². The molecule has 0 aliphatic carbocycles. The number of nitriles is 1. The summed E-state index contributed by atoms with van der Waals surface area (Å²) >= 11 is 1.24. The second-order valence-electron chi connectivity index (χ2n) is 6.54. The second kappa shape index (κ2) is 11.0. The van der Waals surface area contributed by atoms with Crippen LogP contribution < -0.4 is 14.5 Å². The van der Waals surface area contributed by atoms with Crippen LogP contribution in [0.5, 0.6) is 5.75 Å². The summed E-state index contributed by atoms with van der Waals surface area (Å²) in [6.45, 7) is -3.15. The van der Waals surface area contributed by atoms with Gasteiger partial charge in [-0.2, -0.15) is 8.78 Å². The van der Waals surface area contributed by atoms with Crippen LogP contribution in [0.2, 0.25) is 0 Å². The number of hydrogen-bond donors (Lipinski definition) is 1. The van der Waals surface area contributed by atoms with Gasteiger partial charge in [0.25, 0.3) is 0 Å². The van der Waals surface area contributed by atoms with E-state index in [0.29, 0.717) is 9.38 Å². The van der Waals surface area contributed by atoms with E-state index in [1.165, 1.54) is 53.4 Å². The van der Waals surface area contributed by atoms with E-state index in [1.54, 1.807) is 12.3 Å². The molecule has 0 saturated carbocycles. The summed E-state index contributed by atoms with van der Waals surface area (Å²) in [5.41, 5.74) is 0.0560. The van der Waals surface area contributed by atoms with E-state index >= 15 is 0 Å². The number of likely N-dealkylation sites (N-methyl/N-ethyl adjacent to an activating group) is 1. The summed E-state index contributed by atoms with van der Waals surface area (Å²) in [6, 6.07) is 6.79. The number of benzene rings is 1. The van der Waals surface area contributed by atoms with E-state index in [9.17, 15) is 26.8 Å². The van der Waals surface area contributed by atoms with E-state index in [-0.39, 0.29) is 16.9 Å². The molecule has 170 valence electrons. The molecule has 0 aliphatic rings. The summed E-state index contributed by atoms with van der Waals surface area (Å²) in [5.74, 6) is -3.62. The van der Waals surface area contributed by atoms with Crippen molar-refractivity contribution in [3.8, 4) is 11.9 Å². The molecule has 0 radical (unpaired) electrons. The Kier molecular flexibility index (Phi) is 8.69. The van der Waals surface area contributed by atoms with E-state index in [4.69, 9.17) is 5.26 Å². The van der Waals surface area contributed by atoms with Gasteiger partial charge in [-0.15, -0.1) is 0 Å². The third kappa shape index (κ3) is 7.28. The number of amides is 2. The normalized spacial score (nSPS) is 12.0. The topological polar surface area (TPSA) is 129 Å². The SMILES string of the molecule is CN(C#N)C(=O)[C@H](CS(=O)(=O)Cc1ccccc1OC(F)F)NC(=O)c1ccc([AsH2])nc1. The fourth-order valence-corrected chi connectivity index (χ4v) is 4.54. The zero-order chi connectivity index (χ0) is 23.9. The molecule has 0 aliphatic heterocycles. The third-order valence-electron chi connectivity index (χ3n) is 4.12. The van der Waals surface area contributed by atoms with Gasteiger partial charge in [0.1, 0.15) is 0 Å². The van der Waals surface area contributed by atoms with Gasteiger partial charge < -0.3 is 4.74 Å². The molecule has 32 heavy (non-hydrogen) atoms. The number of alkyl halides is 2. The molecular weight excluding hydrogens is 509 g/mol. The van der Waals surface area contributed by atoms with Gasteiger partial charge in [-0.05, 0) is 6.07 Å². The van der Waals surface area contributed by atoms with Gasteiger partial charge in [0.15, 0.2) is 0 Å². The van der Waals surface area contributed by atoms with Gasteiger partial charge in [0, 0.05) is 0 Å². The van der Waals surface area contributed by atoms with Gasteiger partial charge in [-0.25, -0.2) is 0 Å². The maximum atomic E-state index is 12.8. The fourth-order valence-electron chi connectivity index (χ4n) is 2.62. The number of rotatable bonds is 9. The number of nitrogens with zero attached hydrogens (tertiary/aromatic N) is 3. The Morgan fingerprint density at radius 2 is 1.97 bits per heavy atom. The predicted molar refractivity (Wildman–Crippen MR) is 113 cm³/mol. The molecule has 2 atom stereocenters. The van der Waals surface area contributed by atoms with Crippen LogP contribution >= 0.6 is 0 Å². The number of nitrogens with one attached hydrogen (secondary N) is 1. The van der Waals surface area contributed by atoms with Crippen molar-refractivity contribution in [3.63, 3.8) is 0 Å². The Bertz CT molecular complexity index is 1120. The first-order valence-electron chi connectivity index (χ1n) is 8.95. The molecular formula is C19H19AsF2N4O5S. The molecule has 1 aromatic carbocycles. The minimum atomic E-state index is -4.12. The number of carbonyl (C=O) groups is 2. The zero-order valence-corrected chi connectivity index (χ0v) is 20.0. The molecule has 0 spiro atoms. The number of para-hydroxylation sites is 1. The van der Waals surface area contributed by atoms with Crippen LogP contribution in [0.3, 0.4) is 0 Å². The Balaban J connectivity index is 2.26. The van der Waals surface area contributed by atoms with Crippen molar-refractivity contribution in [1.82, 2.24) is 15.2 Å². The van der Waals surface area contributed by atoms with Crippen molar-refractivity contribution in [2.24, 2.45) is 0 Å². The third-order valence-corrected chi connectivity index (χ3v) is 6.43. The van der Waals surface area contributed by atoms with E-state index in [1.807, 2.05) is 0 Å². The van der Waals surface area contributed by atoms with Crippen molar-refractivity contribution in [2.75, 3.05) is 12.8 Å². The first-order chi connectivity index (χ1) is 15.0. The molecule has 1 heterocycles. The van der Waals surface area contributed by atoms with Gasteiger partial charge in [-0.3, -0.25) is 0 Å². The van der Waals surface area contributed by atoms with Crippen molar-refractivity contribution in [1.29, 1.82) is 5.26 Å². The average Bonchev–Trinajstić information content (AvgIpc) is 2.73. The Hall–Kier alpha value is -3.03. The summed E-state index contributed by atoms with van der Waals surface area (Å²) in [7, 11) is -3.00. The van der Waals surface area contributed by atoms with Gasteiger partial charge in [0.05, 0.1) is 0 Å². The van der Waals surface area contributed by atoms with Crippen molar-refractivity contribution >= 4 is 43.0 Å². The van der Waals surface area contributed by atoms with Crippen LogP contribution in [-0.4, -0.2) is 72.4 Å². The first kappa shape index (κ1) is 25.2. The van der Waals surface area contributed by atoms with E-state index in [2.05, 4.69) is 15.0 Å². The predicted octanol–water partition coefficient (Wildman–Crippen LogP) is -0.406. The Morgan fingerprint density at radius 3 is 2.56 bits per heavy atom. The number of aromatic nitrogens is 1. The quantitative estimate of drug-likeness (QED) is 0.266. The molecule has 2 aromatic rings. The number of halogens is 2. The monoisotopic (exact) mass is 528 g/mol. The van der Waals surface area contributed by atoms with Crippen LogP contribution in [0, 0.1) is 11.5 Å². The number of ether oxygens (including phenoxy) is 1. The molecule has 1 aromatic heterocycles. The average molecular weight is 528 g/mol. The molecule has 2 rings (SSSR count). The molecule has 2 amide bonds. The molecule has 0 fully saturated rings. The van der Waals surface area contributed by atoms with E-state index < -0.39 is 45.8 Å². The summed E-state index contributed by atoms with van der Waals surface area (Å²) in [6.07, 6.45) is 2.83. The van der Waals surface area contributed by atoms with Crippen LogP contribution in [-0.2, 0) is 20.4 Å². The van der Waals surface area contributed by atoms with Crippen molar-refractivity contribution in [3.05, 3.63) is 53.7 Å². The van der Waals surface area contributed by atoms with Crippen LogP contribution in [0.4, 0.5) is 8.78 Å². The van der Waals surface area contributed by atoms with Crippen molar-refractivity contribution < 1.29 is 31.5 Å². The molecule has 1 unspecified atom stereocenters. The number of hydrogen-bond acceptors (Lipinski definition) is 7. The van der Waals surface area contributed by atoms with Gasteiger partial charge >= 0.3 is 160 Å².